The molecule has 1 aromatic carbocycles. The molecule has 0 spiro atoms. The highest BCUT2D eigenvalue weighted by Gasteiger charge is 2.30. The minimum absolute atomic E-state index is 0.0931. The number of rotatable bonds is 5. The van der Waals surface area contributed by atoms with E-state index in [1.165, 1.54) is 13.2 Å². The van der Waals surface area contributed by atoms with Crippen LogP contribution in [0.5, 0.6) is 5.95 Å². The highest BCUT2D eigenvalue weighted by atomic mass is 32.2. The molecule has 1 N–H and O–H groups in total. The minimum Gasteiger partial charge on any atom is -0.466 e. The Morgan fingerprint density at radius 3 is 2.62 bits per heavy atom. The zero-order valence-corrected chi connectivity index (χ0v) is 15.2. The number of esters is 1. The van der Waals surface area contributed by atoms with Crippen molar-refractivity contribution in [3.8, 4) is 5.95 Å². The number of nitrogens with one attached hydrogen (secondary N) is 1. The normalized spacial score (nSPS) is 17.0. The summed E-state index contributed by atoms with van der Waals surface area (Å²) in [6.07, 6.45) is 0.658. The van der Waals surface area contributed by atoms with E-state index >= 15 is 0 Å². The van der Waals surface area contributed by atoms with Crippen molar-refractivity contribution in [1.82, 2.24) is 5.32 Å². The van der Waals surface area contributed by atoms with Crippen LogP contribution in [-0.4, -0.2) is 30.3 Å². The number of furan rings is 1. The molecule has 1 saturated heterocycles. The van der Waals surface area contributed by atoms with Crippen molar-refractivity contribution in [1.29, 1.82) is 0 Å². The largest absolute Gasteiger partial charge is 0.466 e. The molecule has 136 valence electrons. The first-order valence-electron chi connectivity index (χ1n) is 7.91. The molecule has 1 aliphatic heterocycles. The molecular formula is C18H17NO6S. The second-order valence-electron chi connectivity index (χ2n) is 5.96. The molecule has 2 amide bonds. The SMILES string of the molecule is COC(=O)C(Oc1oc2ccccc2c1/C=C1/SC(=O)NC1=O)C(C)C. The number of imide groups is 1. The van der Waals surface area contributed by atoms with Crippen LogP contribution in [0.25, 0.3) is 17.0 Å². The van der Waals surface area contributed by atoms with Gasteiger partial charge in [0, 0.05) is 11.3 Å². The van der Waals surface area contributed by atoms with Crippen molar-refractivity contribution < 1.29 is 28.3 Å². The van der Waals surface area contributed by atoms with E-state index in [1.807, 2.05) is 19.9 Å². The zero-order chi connectivity index (χ0) is 18.8. The van der Waals surface area contributed by atoms with Crippen LogP contribution in [0.1, 0.15) is 19.4 Å². The fourth-order valence-corrected chi connectivity index (χ4v) is 3.17. The zero-order valence-electron chi connectivity index (χ0n) is 14.4. The molecule has 8 heteroatoms. The van der Waals surface area contributed by atoms with Gasteiger partial charge in [0.05, 0.1) is 17.6 Å². The van der Waals surface area contributed by atoms with E-state index in [-0.39, 0.29) is 16.8 Å². The molecule has 2 aromatic rings. The molecule has 1 atom stereocenters. The standard InChI is InChI=1S/C18H17NO6S/c1-9(2)14(16(21)23-3)25-17-11(8-13-15(20)19-18(22)26-13)10-6-4-5-7-12(10)24-17/h4-9,14H,1-3H3,(H,19,20,22)/b13-8+. The first-order chi connectivity index (χ1) is 12.4. The third-order valence-corrected chi connectivity index (χ3v) is 4.60. The van der Waals surface area contributed by atoms with Crippen LogP contribution >= 0.6 is 11.8 Å². The Morgan fingerprint density at radius 2 is 2.00 bits per heavy atom. The van der Waals surface area contributed by atoms with Crippen molar-refractivity contribution in [3.63, 3.8) is 0 Å². The number of hydrogen-bond acceptors (Lipinski definition) is 7. The Labute approximate surface area is 153 Å². The van der Waals surface area contributed by atoms with E-state index < -0.39 is 23.2 Å². The van der Waals surface area contributed by atoms with Crippen LogP contribution in [0.4, 0.5) is 4.79 Å². The summed E-state index contributed by atoms with van der Waals surface area (Å²) in [7, 11) is 1.29. The summed E-state index contributed by atoms with van der Waals surface area (Å²) in [6, 6.07) is 7.17. The Kier molecular flexibility index (Phi) is 5.03. The summed E-state index contributed by atoms with van der Waals surface area (Å²) in [5.74, 6) is -1.08. The van der Waals surface area contributed by atoms with Crippen molar-refractivity contribution in [2.45, 2.75) is 20.0 Å². The molecule has 1 aromatic heterocycles. The lowest BCUT2D eigenvalue weighted by molar-refractivity contribution is -0.151. The number of methoxy groups -OCH3 is 1. The van der Waals surface area contributed by atoms with E-state index in [9.17, 15) is 14.4 Å². The van der Waals surface area contributed by atoms with Crippen LogP contribution in [0, 0.1) is 5.92 Å². The van der Waals surface area contributed by atoms with E-state index in [0.29, 0.717) is 16.5 Å². The molecule has 1 fully saturated rings. The summed E-state index contributed by atoms with van der Waals surface area (Å²) < 4.78 is 16.3. The van der Waals surface area contributed by atoms with Gasteiger partial charge in [0.25, 0.3) is 17.1 Å². The van der Waals surface area contributed by atoms with Gasteiger partial charge in [0.1, 0.15) is 5.58 Å². The van der Waals surface area contributed by atoms with Crippen LogP contribution in [0.3, 0.4) is 0 Å². The number of thioether (sulfide) groups is 1. The van der Waals surface area contributed by atoms with Gasteiger partial charge in [-0.3, -0.25) is 14.9 Å². The number of benzene rings is 1. The average molecular weight is 375 g/mol. The number of ether oxygens (including phenoxy) is 2. The van der Waals surface area contributed by atoms with E-state index in [2.05, 4.69) is 5.32 Å². The Balaban J connectivity index is 2.08. The van der Waals surface area contributed by atoms with Gasteiger partial charge >= 0.3 is 5.97 Å². The number of para-hydroxylation sites is 1. The monoisotopic (exact) mass is 375 g/mol. The number of fused-ring (bicyclic) bond motifs is 1. The van der Waals surface area contributed by atoms with E-state index in [1.54, 1.807) is 18.2 Å². The molecule has 0 aliphatic carbocycles. The van der Waals surface area contributed by atoms with Gasteiger partial charge in [0.2, 0.25) is 6.10 Å². The molecule has 2 heterocycles. The molecule has 26 heavy (non-hydrogen) atoms. The van der Waals surface area contributed by atoms with Crippen LogP contribution in [0.2, 0.25) is 0 Å². The predicted octanol–water partition coefficient (Wildman–Crippen LogP) is 3.33. The first-order valence-corrected chi connectivity index (χ1v) is 8.73. The highest BCUT2D eigenvalue weighted by Crippen LogP contribution is 2.37. The average Bonchev–Trinajstić information content (AvgIpc) is 3.11. The summed E-state index contributed by atoms with van der Waals surface area (Å²) in [5.41, 5.74) is 1.03. The van der Waals surface area contributed by atoms with Crippen LogP contribution in [0.15, 0.2) is 33.6 Å². The van der Waals surface area contributed by atoms with Gasteiger partial charge in [-0.15, -0.1) is 0 Å². The molecular weight excluding hydrogens is 358 g/mol. The van der Waals surface area contributed by atoms with Crippen molar-refractivity contribution >= 4 is 45.9 Å². The van der Waals surface area contributed by atoms with Crippen molar-refractivity contribution in [3.05, 3.63) is 34.7 Å². The quantitative estimate of drug-likeness (QED) is 0.632. The second-order valence-corrected chi connectivity index (χ2v) is 6.97. The lowest BCUT2D eigenvalue weighted by Gasteiger charge is -2.18. The molecule has 0 saturated carbocycles. The maximum atomic E-state index is 12.0. The predicted molar refractivity (Wildman–Crippen MR) is 96.6 cm³/mol. The maximum Gasteiger partial charge on any atom is 0.347 e. The van der Waals surface area contributed by atoms with Gasteiger partial charge < -0.3 is 13.9 Å². The van der Waals surface area contributed by atoms with E-state index in [4.69, 9.17) is 13.9 Å². The number of carbonyl (C=O) groups is 3. The summed E-state index contributed by atoms with van der Waals surface area (Å²) >= 11 is 0.798. The van der Waals surface area contributed by atoms with Gasteiger partial charge in [-0.05, 0) is 23.9 Å². The fourth-order valence-electron chi connectivity index (χ4n) is 2.51. The maximum absolute atomic E-state index is 12.0. The summed E-state index contributed by atoms with van der Waals surface area (Å²) in [5, 5.41) is 2.47. The molecule has 3 rings (SSSR count). The first kappa shape index (κ1) is 18.1. The topological polar surface area (TPSA) is 94.8 Å². The fraction of sp³-hybridized carbons (Fsp3) is 0.278. The van der Waals surface area contributed by atoms with Crippen LogP contribution < -0.4 is 10.1 Å². The van der Waals surface area contributed by atoms with Gasteiger partial charge in [-0.25, -0.2) is 4.79 Å². The Hall–Kier alpha value is -2.74. The van der Waals surface area contributed by atoms with Gasteiger partial charge in [-0.2, -0.15) is 0 Å². The lowest BCUT2D eigenvalue weighted by atomic mass is 10.1. The molecule has 1 aliphatic rings. The Morgan fingerprint density at radius 1 is 1.27 bits per heavy atom. The number of amides is 2. The summed E-state index contributed by atoms with van der Waals surface area (Å²) in [4.78, 5) is 35.5. The van der Waals surface area contributed by atoms with Crippen LogP contribution in [-0.2, 0) is 14.3 Å². The number of carbonyl (C=O) groups excluding carboxylic acids is 3. The second kappa shape index (κ2) is 7.25. The third-order valence-electron chi connectivity index (χ3n) is 3.79. The smallest absolute Gasteiger partial charge is 0.347 e. The van der Waals surface area contributed by atoms with Gasteiger partial charge in [0.15, 0.2) is 0 Å². The van der Waals surface area contributed by atoms with E-state index in [0.717, 1.165) is 11.8 Å². The van der Waals surface area contributed by atoms with Crippen molar-refractivity contribution in [2.75, 3.05) is 7.11 Å². The number of hydrogen-bond donors (Lipinski definition) is 1. The third kappa shape index (κ3) is 3.45. The molecule has 0 radical (unpaired) electrons. The molecule has 7 nitrogen and oxygen atoms in total. The highest BCUT2D eigenvalue weighted by molar-refractivity contribution is 8.18. The molecule has 1 unspecified atom stereocenters. The minimum atomic E-state index is -0.871. The lowest BCUT2D eigenvalue weighted by Crippen LogP contribution is -2.33. The summed E-state index contributed by atoms with van der Waals surface area (Å²) in [6.45, 7) is 3.64. The van der Waals surface area contributed by atoms with Crippen molar-refractivity contribution in [2.24, 2.45) is 5.92 Å². The molecule has 0 bridgehead atoms. The van der Waals surface area contributed by atoms with Gasteiger partial charge in [-0.1, -0.05) is 32.0 Å². The Bertz CT molecular complexity index is 914.